The molecular formula is C17H26N8O. The van der Waals surface area contributed by atoms with Crippen LogP contribution in [0.1, 0.15) is 37.9 Å². The Balaban J connectivity index is 0.000000444. The summed E-state index contributed by atoms with van der Waals surface area (Å²) >= 11 is 0. The minimum atomic E-state index is 0.388. The molecule has 9 nitrogen and oxygen atoms in total. The average molecular weight is 358 g/mol. The van der Waals surface area contributed by atoms with Crippen LogP contribution in [0.25, 0.3) is 11.7 Å². The summed E-state index contributed by atoms with van der Waals surface area (Å²) in [4.78, 5) is 11.6. The highest BCUT2D eigenvalue weighted by Gasteiger charge is 2.25. The molecule has 0 spiro atoms. The largest absolute Gasteiger partial charge is 0.418 e. The van der Waals surface area contributed by atoms with Crippen LogP contribution in [0.15, 0.2) is 4.42 Å². The van der Waals surface area contributed by atoms with Crippen molar-refractivity contribution in [2.75, 3.05) is 31.1 Å². The Morgan fingerprint density at radius 1 is 1.08 bits per heavy atom. The maximum absolute atomic E-state index is 7.32. The topological polar surface area (TPSA) is 116 Å². The van der Waals surface area contributed by atoms with Gasteiger partial charge in [0.2, 0.25) is 11.7 Å². The Morgan fingerprint density at radius 2 is 1.77 bits per heavy atom. The van der Waals surface area contributed by atoms with E-state index in [9.17, 15) is 0 Å². The number of fused-ring (bicyclic) bond motifs is 1. The average Bonchev–Trinajstić information content (AvgIpc) is 3.32. The van der Waals surface area contributed by atoms with Crippen molar-refractivity contribution in [2.24, 2.45) is 0 Å². The summed E-state index contributed by atoms with van der Waals surface area (Å²) in [5.74, 6) is 2.43. The van der Waals surface area contributed by atoms with Crippen molar-refractivity contribution in [1.29, 1.82) is 5.26 Å². The molecule has 0 saturated carbocycles. The maximum atomic E-state index is 7.32. The van der Waals surface area contributed by atoms with Crippen molar-refractivity contribution in [3.05, 3.63) is 17.1 Å². The predicted octanol–water partition coefficient (Wildman–Crippen LogP) is 1.40. The van der Waals surface area contributed by atoms with Crippen molar-refractivity contribution >= 4 is 5.82 Å². The summed E-state index contributed by atoms with van der Waals surface area (Å²) in [6.07, 6.45) is 0. The first-order valence-electron chi connectivity index (χ1n) is 8.90. The first kappa shape index (κ1) is 19.8. The van der Waals surface area contributed by atoms with E-state index in [2.05, 4.69) is 30.7 Å². The lowest BCUT2D eigenvalue weighted by atomic mass is 10.2. The fraction of sp³-hybridized carbons (Fsp3) is 0.588. The van der Waals surface area contributed by atoms with Crippen LogP contribution in [0.3, 0.4) is 0 Å². The van der Waals surface area contributed by atoms with Crippen molar-refractivity contribution in [3.63, 3.8) is 0 Å². The van der Waals surface area contributed by atoms with Gasteiger partial charge in [0.1, 0.15) is 5.82 Å². The molecule has 0 unspecified atom stereocenters. The zero-order valence-electron chi connectivity index (χ0n) is 15.8. The number of rotatable bonds is 2. The van der Waals surface area contributed by atoms with E-state index in [1.807, 2.05) is 13.8 Å². The highest BCUT2D eigenvalue weighted by molar-refractivity contribution is 5.56. The van der Waals surface area contributed by atoms with Gasteiger partial charge < -0.3 is 20.0 Å². The molecule has 2 N–H and O–H groups in total. The number of nitrogens with zero attached hydrogens (tertiary/aromatic N) is 6. The Labute approximate surface area is 153 Å². The maximum Gasteiger partial charge on any atom is 0.285 e. The number of piperazine rings is 1. The molecule has 0 aromatic carbocycles. The molecule has 0 amide bonds. The van der Waals surface area contributed by atoms with Crippen LogP contribution in [-0.2, 0) is 13.1 Å². The van der Waals surface area contributed by atoms with E-state index in [0.717, 1.165) is 50.8 Å². The molecule has 0 aliphatic carbocycles. The molecule has 1 saturated heterocycles. The van der Waals surface area contributed by atoms with Crippen molar-refractivity contribution < 1.29 is 4.42 Å². The van der Waals surface area contributed by atoms with Crippen LogP contribution in [0.4, 0.5) is 5.82 Å². The lowest BCUT2D eigenvalue weighted by molar-refractivity contribution is 0.527. The van der Waals surface area contributed by atoms with E-state index in [1.165, 1.54) is 12.5 Å². The number of hydrogen-bond acceptors (Lipinski definition) is 9. The third kappa shape index (κ3) is 4.53. The van der Waals surface area contributed by atoms with E-state index in [1.54, 1.807) is 13.0 Å². The molecule has 26 heavy (non-hydrogen) atoms. The monoisotopic (exact) mass is 358 g/mol. The van der Waals surface area contributed by atoms with Gasteiger partial charge >= 0.3 is 0 Å². The molecule has 4 rings (SSSR count). The summed E-state index contributed by atoms with van der Waals surface area (Å²) < 4.78 is 5.47. The number of nitriles is 1. The van der Waals surface area contributed by atoms with Gasteiger partial charge in [0.15, 0.2) is 0 Å². The van der Waals surface area contributed by atoms with Crippen LogP contribution in [0.5, 0.6) is 0 Å². The van der Waals surface area contributed by atoms with Crippen LogP contribution >= 0.6 is 0 Å². The SMILES string of the molecule is CC.CC#N.Cc1nnc(-c2nc3c(c(N4CCNCC4)n2)CNC3)o1. The minimum Gasteiger partial charge on any atom is -0.418 e. The number of aromatic nitrogens is 4. The Hall–Kier alpha value is -2.57. The molecular weight excluding hydrogens is 332 g/mol. The molecule has 2 aromatic heterocycles. The smallest absolute Gasteiger partial charge is 0.285 e. The van der Waals surface area contributed by atoms with E-state index in [0.29, 0.717) is 17.6 Å². The second kappa shape index (κ2) is 9.79. The predicted molar refractivity (Wildman–Crippen MR) is 98.3 cm³/mol. The van der Waals surface area contributed by atoms with Crippen LogP contribution in [0.2, 0.25) is 0 Å². The highest BCUT2D eigenvalue weighted by atomic mass is 16.4. The number of nitrogens with one attached hydrogen (secondary N) is 2. The van der Waals surface area contributed by atoms with Crippen LogP contribution in [0, 0.1) is 18.3 Å². The first-order chi connectivity index (χ1) is 12.7. The quantitative estimate of drug-likeness (QED) is 0.821. The molecule has 2 aliphatic rings. The van der Waals surface area contributed by atoms with Crippen LogP contribution in [-0.4, -0.2) is 46.3 Å². The summed E-state index contributed by atoms with van der Waals surface area (Å²) in [6, 6.07) is 1.75. The Morgan fingerprint density at radius 3 is 2.38 bits per heavy atom. The van der Waals surface area contributed by atoms with Gasteiger partial charge in [-0.2, -0.15) is 5.26 Å². The van der Waals surface area contributed by atoms with Gasteiger partial charge in [0.25, 0.3) is 5.89 Å². The summed E-state index contributed by atoms with van der Waals surface area (Å²) in [5, 5.41) is 21.9. The van der Waals surface area contributed by atoms with E-state index in [-0.39, 0.29) is 0 Å². The molecule has 0 bridgehead atoms. The fourth-order valence-corrected chi connectivity index (χ4v) is 2.77. The van der Waals surface area contributed by atoms with Gasteiger partial charge in [0, 0.05) is 58.7 Å². The highest BCUT2D eigenvalue weighted by Crippen LogP contribution is 2.27. The molecule has 2 aromatic rings. The molecule has 4 heterocycles. The third-order valence-electron chi connectivity index (χ3n) is 3.80. The van der Waals surface area contributed by atoms with Crippen molar-refractivity contribution in [2.45, 2.75) is 40.8 Å². The molecule has 0 atom stereocenters. The van der Waals surface area contributed by atoms with Gasteiger partial charge in [-0.3, -0.25) is 0 Å². The first-order valence-corrected chi connectivity index (χ1v) is 8.90. The Kier molecular flexibility index (Phi) is 7.44. The number of aryl methyl sites for hydroxylation is 1. The summed E-state index contributed by atoms with van der Waals surface area (Å²) in [5.41, 5.74) is 2.22. The lowest BCUT2D eigenvalue weighted by Gasteiger charge is -2.29. The van der Waals surface area contributed by atoms with Crippen molar-refractivity contribution in [3.8, 4) is 17.8 Å². The van der Waals surface area contributed by atoms with E-state index >= 15 is 0 Å². The summed E-state index contributed by atoms with van der Waals surface area (Å²) in [7, 11) is 0. The molecule has 140 valence electrons. The fourth-order valence-electron chi connectivity index (χ4n) is 2.77. The molecule has 1 fully saturated rings. The zero-order valence-corrected chi connectivity index (χ0v) is 15.8. The standard InChI is InChI=1S/C13H17N7O.C2H3N.C2H6/c1-8-18-19-13(21-8)11-16-10-7-15-6-9(10)12(17-11)20-4-2-14-3-5-20;1-2-3;1-2/h14-15H,2-7H2,1H3;1H3;1-2H3. The lowest BCUT2D eigenvalue weighted by Crippen LogP contribution is -2.44. The van der Waals surface area contributed by atoms with E-state index < -0.39 is 0 Å². The molecule has 2 aliphatic heterocycles. The zero-order chi connectivity index (χ0) is 18.9. The van der Waals surface area contributed by atoms with Gasteiger partial charge in [0.05, 0.1) is 11.8 Å². The number of anilines is 1. The normalized spacial score (nSPS) is 15.1. The van der Waals surface area contributed by atoms with Gasteiger partial charge in [-0.05, 0) is 0 Å². The van der Waals surface area contributed by atoms with Crippen LogP contribution < -0.4 is 15.5 Å². The molecule has 0 radical (unpaired) electrons. The van der Waals surface area contributed by atoms with E-state index in [4.69, 9.17) is 14.7 Å². The van der Waals surface area contributed by atoms with Gasteiger partial charge in [-0.1, -0.05) is 13.8 Å². The number of hydrogen-bond donors (Lipinski definition) is 2. The van der Waals surface area contributed by atoms with Gasteiger partial charge in [-0.15, -0.1) is 10.2 Å². The summed E-state index contributed by atoms with van der Waals surface area (Å²) in [6.45, 7) is 12.6. The third-order valence-corrected chi connectivity index (χ3v) is 3.80. The second-order valence-electron chi connectivity index (χ2n) is 5.49. The minimum absolute atomic E-state index is 0.388. The molecule has 9 heteroatoms. The second-order valence-corrected chi connectivity index (χ2v) is 5.49. The van der Waals surface area contributed by atoms with Gasteiger partial charge in [-0.25, -0.2) is 9.97 Å². The van der Waals surface area contributed by atoms with Crippen molar-refractivity contribution in [1.82, 2.24) is 30.8 Å². The Bertz CT molecular complexity index is 746.